The molecule has 0 aliphatic carbocycles. The van der Waals surface area contributed by atoms with Gasteiger partial charge in [-0.05, 0) is 100 Å². The smallest absolute Gasteiger partial charge is 0.0708 e. The normalized spacial score (nSPS) is 11.6. The molecule has 3 nitrogen and oxygen atoms in total. The molecule has 0 aliphatic heterocycles. The lowest BCUT2D eigenvalue weighted by Crippen LogP contribution is -1.94. The molecule has 0 saturated carbocycles. The van der Waals surface area contributed by atoms with Gasteiger partial charge in [-0.3, -0.25) is 4.98 Å². The van der Waals surface area contributed by atoms with Crippen LogP contribution in [-0.2, 0) is 0 Å². The van der Waals surface area contributed by atoms with Gasteiger partial charge < -0.3 is 9.13 Å². The Morgan fingerprint density at radius 1 is 0.268 bits per heavy atom. The van der Waals surface area contributed by atoms with Crippen LogP contribution in [0.1, 0.15) is 0 Å². The molecular formula is C53H35N3. The minimum Gasteiger partial charge on any atom is -0.309 e. The van der Waals surface area contributed by atoms with Crippen LogP contribution in [0.15, 0.2) is 212 Å². The summed E-state index contributed by atoms with van der Waals surface area (Å²) in [7, 11) is 0. The van der Waals surface area contributed by atoms with Crippen molar-refractivity contribution in [3.8, 4) is 56.0 Å². The molecule has 3 heteroatoms. The van der Waals surface area contributed by atoms with Crippen LogP contribution >= 0.6 is 0 Å². The van der Waals surface area contributed by atoms with Gasteiger partial charge in [0.15, 0.2) is 0 Å². The van der Waals surface area contributed by atoms with Crippen molar-refractivity contribution in [1.82, 2.24) is 14.1 Å². The quantitative estimate of drug-likeness (QED) is 0.168. The summed E-state index contributed by atoms with van der Waals surface area (Å²) in [6.07, 6.45) is 1.92. The molecule has 0 bridgehead atoms. The standard InChI is InChI=1S/C53H35N3/c1-5-19-50-45(15-1)46-16-2-6-20-51(46)55(50)43-29-27-37(28-30-43)36-23-25-38(26-24-36)49-35-42(31-32-54-49)40-12-9-11-39(33-40)41-13-10-14-44(34-41)56-52-21-7-3-17-47(52)48-18-4-8-22-53(48)56/h1-35H. The van der Waals surface area contributed by atoms with Crippen LogP contribution in [0.2, 0.25) is 0 Å². The van der Waals surface area contributed by atoms with E-state index < -0.39 is 0 Å². The third-order valence-electron chi connectivity index (χ3n) is 11.2. The maximum absolute atomic E-state index is 4.79. The molecule has 0 N–H and O–H groups in total. The van der Waals surface area contributed by atoms with Crippen molar-refractivity contribution < 1.29 is 0 Å². The van der Waals surface area contributed by atoms with Crippen LogP contribution in [0.4, 0.5) is 0 Å². The zero-order chi connectivity index (χ0) is 37.0. The monoisotopic (exact) mass is 713 g/mol. The molecule has 0 unspecified atom stereocenters. The number of hydrogen-bond donors (Lipinski definition) is 0. The van der Waals surface area contributed by atoms with Gasteiger partial charge in [-0.25, -0.2) is 0 Å². The van der Waals surface area contributed by atoms with Crippen LogP contribution < -0.4 is 0 Å². The minimum atomic E-state index is 0.953. The molecule has 11 rings (SSSR count). The average Bonchev–Trinajstić information content (AvgIpc) is 3.80. The van der Waals surface area contributed by atoms with Crippen molar-refractivity contribution in [2.75, 3.05) is 0 Å². The number of hydrogen-bond acceptors (Lipinski definition) is 1. The minimum absolute atomic E-state index is 0.953. The number of aromatic nitrogens is 3. The summed E-state index contributed by atoms with van der Waals surface area (Å²) in [5.41, 5.74) is 16.2. The van der Waals surface area contributed by atoms with Crippen LogP contribution in [-0.4, -0.2) is 14.1 Å². The number of para-hydroxylation sites is 4. The van der Waals surface area contributed by atoms with Gasteiger partial charge in [0.2, 0.25) is 0 Å². The molecule has 3 heterocycles. The van der Waals surface area contributed by atoms with E-state index >= 15 is 0 Å². The van der Waals surface area contributed by atoms with Gasteiger partial charge in [-0.1, -0.05) is 140 Å². The van der Waals surface area contributed by atoms with Crippen molar-refractivity contribution in [3.05, 3.63) is 212 Å². The Labute approximate surface area is 325 Å². The Hall–Kier alpha value is -7.49. The number of benzene rings is 8. The maximum Gasteiger partial charge on any atom is 0.0708 e. The van der Waals surface area contributed by atoms with E-state index in [1.807, 2.05) is 6.20 Å². The highest BCUT2D eigenvalue weighted by Gasteiger charge is 2.14. The Balaban J connectivity index is 0.874. The Morgan fingerprint density at radius 3 is 1.21 bits per heavy atom. The molecule has 0 aliphatic rings. The van der Waals surface area contributed by atoms with Crippen molar-refractivity contribution in [2.24, 2.45) is 0 Å². The Bertz CT molecular complexity index is 3130. The first-order valence-corrected chi connectivity index (χ1v) is 19.1. The van der Waals surface area contributed by atoms with Crippen molar-refractivity contribution in [3.63, 3.8) is 0 Å². The SMILES string of the molecule is c1cc(-c2cccc(-n3c4ccccc4c4ccccc43)c2)cc(-c2ccnc(-c3ccc(-c4ccc(-n5c6ccccc6c6ccccc65)cc4)cc3)c2)c1. The third kappa shape index (κ3) is 5.32. The summed E-state index contributed by atoms with van der Waals surface area (Å²) < 4.78 is 4.73. The number of rotatable bonds is 6. The van der Waals surface area contributed by atoms with E-state index in [9.17, 15) is 0 Å². The fraction of sp³-hybridized carbons (Fsp3) is 0. The summed E-state index contributed by atoms with van der Waals surface area (Å²) in [6.45, 7) is 0. The van der Waals surface area contributed by atoms with E-state index in [1.165, 1.54) is 65.9 Å². The lowest BCUT2D eigenvalue weighted by atomic mass is 9.97. The second-order valence-electron chi connectivity index (χ2n) is 14.4. The number of fused-ring (bicyclic) bond motifs is 6. The van der Waals surface area contributed by atoms with Crippen LogP contribution in [0.3, 0.4) is 0 Å². The largest absolute Gasteiger partial charge is 0.309 e. The first-order chi connectivity index (χ1) is 27.8. The zero-order valence-electron chi connectivity index (χ0n) is 30.5. The summed E-state index contributed by atoms with van der Waals surface area (Å²) in [4.78, 5) is 4.79. The highest BCUT2D eigenvalue weighted by atomic mass is 15.0. The molecule has 0 atom stereocenters. The lowest BCUT2D eigenvalue weighted by Gasteiger charge is -2.12. The second-order valence-corrected chi connectivity index (χ2v) is 14.4. The average molecular weight is 714 g/mol. The first kappa shape index (κ1) is 32.0. The molecule has 3 aromatic heterocycles. The number of pyridine rings is 1. The Morgan fingerprint density at radius 2 is 0.679 bits per heavy atom. The van der Waals surface area contributed by atoms with Crippen molar-refractivity contribution >= 4 is 43.6 Å². The highest BCUT2D eigenvalue weighted by Crippen LogP contribution is 2.36. The lowest BCUT2D eigenvalue weighted by molar-refractivity contribution is 1.18. The molecule has 0 amide bonds. The molecule has 56 heavy (non-hydrogen) atoms. The Kier molecular flexibility index (Phi) is 7.49. The molecule has 262 valence electrons. The first-order valence-electron chi connectivity index (χ1n) is 19.1. The van der Waals surface area contributed by atoms with Crippen LogP contribution in [0.5, 0.6) is 0 Å². The highest BCUT2D eigenvalue weighted by molar-refractivity contribution is 6.10. The van der Waals surface area contributed by atoms with E-state index in [0.717, 1.165) is 33.8 Å². The predicted octanol–water partition coefficient (Wildman–Crippen LogP) is 13.9. The molecule has 0 fully saturated rings. The molecule has 0 radical (unpaired) electrons. The molecular weight excluding hydrogens is 679 g/mol. The third-order valence-corrected chi connectivity index (χ3v) is 11.2. The fourth-order valence-electron chi connectivity index (χ4n) is 8.51. The van der Waals surface area contributed by atoms with E-state index in [2.05, 4.69) is 215 Å². The second kappa shape index (κ2) is 13.1. The van der Waals surface area contributed by atoms with Gasteiger partial charge in [0, 0.05) is 44.7 Å². The summed E-state index contributed by atoms with van der Waals surface area (Å²) in [5, 5.41) is 5.08. The van der Waals surface area contributed by atoms with E-state index in [1.54, 1.807) is 0 Å². The molecule has 0 spiro atoms. The van der Waals surface area contributed by atoms with Gasteiger partial charge in [0.05, 0.1) is 27.8 Å². The van der Waals surface area contributed by atoms with E-state index in [4.69, 9.17) is 4.98 Å². The van der Waals surface area contributed by atoms with Crippen molar-refractivity contribution in [2.45, 2.75) is 0 Å². The summed E-state index contributed by atoms with van der Waals surface area (Å²) in [6, 6.07) is 74.2. The topological polar surface area (TPSA) is 22.8 Å². The molecule has 11 aromatic rings. The van der Waals surface area contributed by atoms with Crippen molar-refractivity contribution in [1.29, 1.82) is 0 Å². The van der Waals surface area contributed by atoms with Gasteiger partial charge >= 0.3 is 0 Å². The van der Waals surface area contributed by atoms with E-state index in [0.29, 0.717) is 0 Å². The predicted molar refractivity (Wildman–Crippen MR) is 235 cm³/mol. The van der Waals surface area contributed by atoms with E-state index in [-0.39, 0.29) is 0 Å². The van der Waals surface area contributed by atoms with Gasteiger partial charge in [-0.2, -0.15) is 0 Å². The maximum atomic E-state index is 4.79. The van der Waals surface area contributed by atoms with Crippen LogP contribution in [0, 0.1) is 0 Å². The van der Waals surface area contributed by atoms with Gasteiger partial charge in [0.1, 0.15) is 0 Å². The fourth-order valence-corrected chi connectivity index (χ4v) is 8.51. The van der Waals surface area contributed by atoms with Gasteiger partial charge in [-0.15, -0.1) is 0 Å². The molecule has 0 saturated heterocycles. The summed E-state index contributed by atoms with van der Waals surface area (Å²) >= 11 is 0. The van der Waals surface area contributed by atoms with Crippen LogP contribution in [0.25, 0.3) is 99.6 Å². The molecule has 8 aromatic carbocycles. The van der Waals surface area contributed by atoms with Gasteiger partial charge in [0.25, 0.3) is 0 Å². The summed E-state index contributed by atoms with van der Waals surface area (Å²) in [5.74, 6) is 0. The number of nitrogens with zero attached hydrogens (tertiary/aromatic N) is 3. The zero-order valence-corrected chi connectivity index (χ0v) is 30.5.